The number of carbonyl (C=O) groups is 2. The van der Waals surface area contributed by atoms with Crippen LogP contribution < -0.4 is 14.2 Å². The van der Waals surface area contributed by atoms with Crippen molar-refractivity contribution in [3.8, 4) is 0 Å². The SMILES string of the molecule is CO[C@H]1O[C@H](COS(=O)(=O)O)[C@@H](O[C@@H]2O[C@@H](C(=O)O)[C@@H](O[C@H]3O[C@H](COS(=O)(=O)O)[C@@H](O[C@@H]4O[C@H](C(=O)O)[C@@H](O[C@H]5O[C@H](COS(=O)(=O)O)[C@@H](O)[C@H](O)[C@H]5NS(=O)(=O)O)[C@H](O)[C@H]4OS(=O)(=O)O)[C@H](O)[C@H]3NS(=O)(=O)O)[C@H](O)[C@H]2OS(=O)(=O)O)[C@H](O)[C@H]1NS(=O)(=O)O. The smallest absolute Gasteiger partial charge is 0.397 e. The number of aliphatic hydroxyl groups is 6. The minimum atomic E-state index is -6.17. The Morgan fingerprint density at radius 3 is 0.934 bits per heavy atom. The van der Waals surface area contributed by atoms with Gasteiger partial charge in [-0.15, -0.1) is 0 Å². The summed E-state index contributed by atoms with van der Waals surface area (Å²) < 4.78 is 345. The molecule has 534 valence electrons. The standard InChI is InChI=1S/C31H53N3O49S8/c1-69-27-9(33-85(48,49)50)13(37)17(6(74-27)3-71-88(57,58)59)76-30-22(83-91(66,67)68)16(40)20(24(81-30)26(43)44)79-29-10(34-86(51,52)53)14(38)18(7(75-29)4-72-89(60,61)62)77-31-21(82-90(63,64)65)15(39)19(23(80-31)25(41)42)78-28-8(32-84(45,46)47)12(36)11(35)5(73-28)2-70-87(54,55)56/h5-24,27-40H,2-4H2,1H3,(H,41,42)(H,43,44)(H,45,46,47)(H,48,49,50)(H,51,52,53)(H,54,55,56)(H,57,58,59)(H,60,61,62)(H,63,64,65)(H,66,67,68)/t5-,6-,7-,8-,9-,10-,11-,12-,13-,14-,15+,16+,17-,18-,19+,20+,21-,22-,23+,24-,27+,28-,29-,30-,31-/m1/s1. The Morgan fingerprint density at radius 2 is 0.637 bits per heavy atom. The molecule has 25 atom stereocenters. The number of nitrogens with one attached hydrogen (secondary N) is 3. The maximum absolute atomic E-state index is 13.0. The number of ether oxygens (including phenoxy) is 10. The van der Waals surface area contributed by atoms with Crippen LogP contribution in [0.4, 0.5) is 0 Å². The number of aliphatic carboxylic acids is 2. The molecule has 52 nitrogen and oxygen atoms in total. The van der Waals surface area contributed by atoms with Crippen LogP contribution in [0.3, 0.4) is 0 Å². The lowest BCUT2D eigenvalue weighted by Crippen LogP contribution is -2.71. The first-order chi connectivity index (χ1) is 41.2. The highest BCUT2D eigenvalue weighted by Crippen LogP contribution is 2.38. The predicted molar refractivity (Wildman–Crippen MR) is 262 cm³/mol. The van der Waals surface area contributed by atoms with Crippen molar-refractivity contribution in [2.45, 2.75) is 153 Å². The van der Waals surface area contributed by atoms with Crippen molar-refractivity contribution in [2.24, 2.45) is 0 Å². The van der Waals surface area contributed by atoms with Crippen molar-refractivity contribution in [3.05, 3.63) is 0 Å². The maximum Gasteiger partial charge on any atom is 0.397 e. The zero-order chi connectivity index (χ0) is 69.4. The second-order valence-corrected chi connectivity index (χ2v) is 27.6. The number of carboxylic acids is 2. The highest BCUT2D eigenvalue weighted by atomic mass is 32.3. The van der Waals surface area contributed by atoms with Crippen LogP contribution >= 0.6 is 0 Å². The number of carboxylic acid groups (broad SMARTS) is 2. The van der Waals surface area contributed by atoms with E-state index in [1.54, 1.807) is 0 Å². The average Bonchev–Trinajstić information content (AvgIpc) is 0.776. The van der Waals surface area contributed by atoms with Gasteiger partial charge in [0, 0.05) is 7.11 Å². The van der Waals surface area contributed by atoms with Crippen LogP contribution in [0.15, 0.2) is 0 Å². The summed E-state index contributed by atoms with van der Waals surface area (Å²) in [6.07, 6.45) is -63.6. The van der Waals surface area contributed by atoms with E-state index >= 15 is 0 Å². The summed E-state index contributed by atoms with van der Waals surface area (Å²) in [5.74, 6) is -4.91. The molecule has 19 N–H and O–H groups in total. The minimum absolute atomic E-state index is 0.745. The number of rotatable bonds is 30. The van der Waals surface area contributed by atoms with Crippen LogP contribution in [0.25, 0.3) is 0 Å². The molecule has 5 rings (SSSR count). The molecule has 5 aliphatic heterocycles. The van der Waals surface area contributed by atoms with E-state index in [9.17, 15) is 150 Å². The summed E-state index contributed by atoms with van der Waals surface area (Å²) in [5, 5.41) is 88.5. The largest absolute Gasteiger partial charge is 0.479 e. The Hall–Kier alpha value is -2.74. The second-order valence-electron chi connectivity index (χ2n) is 18.7. The fraction of sp³-hybridized carbons (Fsp3) is 0.935. The predicted octanol–water partition coefficient (Wildman–Crippen LogP) is -13.8. The van der Waals surface area contributed by atoms with Gasteiger partial charge >= 0.3 is 94.8 Å². The van der Waals surface area contributed by atoms with E-state index in [0.717, 1.165) is 7.11 Å². The molecule has 0 aliphatic carbocycles. The van der Waals surface area contributed by atoms with Crippen LogP contribution in [0.5, 0.6) is 0 Å². The molecule has 5 heterocycles. The fourth-order valence-electron chi connectivity index (χ4n) is 8.98. The Labute approximate surface area is 509 Å². The number of aliphatic hydroxyl groups excluding tert-OH is 6. The Kier molecular flexibility index (Phi) is 26.0. The van der Waals surface area contributed by atoms with E-state index < -0.39 is 268 Å². The van der Waals surface area contributed by atoms with Gasteiger partial charge in [0.15, 0.2) is 55.9 Å². The van der Waals surface area contributed by atoms with Gasteiger partial charge in [0.2, 0.25) is 0 Å². The van der Waals surface area contributed by atoms with Gasteiger partial charge in [0.25, 0.3) is 0 Å². The van der Waals surface area contributed by atoms with Crippen molar-refractivity contribution in [1.82, 2.24) is 14.2 Å². The summed E-state index contributed by atoms with van der Waals surface area (Å²) >= 11 is 0. The van der Waals surface area contributed by atoms with Gasteiger partial charge in [-0.3, -0.25) is 36.4 Å². The van der Waals surface area contributed by atoms with Crippen molar-refractivity contribution >= 4 is 94.8 Å². The van der Waals surface area contributed by atoms with Crippen LogP contribution in [0, 0.1) is 0 Å². The molecule has 0 radical (unpaired) electrons. The van der Waals surface area contributed by atoms with Crippen LogP contribution in [-0.4, -0.2) is 337 Å². The third-order valence-corrected chi connectivity index (χ3v) is 16.4. The van der Waals surface area contributed by atoms with Gasteiger partial charge in [-0.05, 0) is 0 Å². The summed E-state index contributed by atoms with van der Waals surface area (Å²) in [6, 6.07) is -8.02. The average molecular weight is 1510 g/mol. The summed E-state index contributed by atoms with van der Waals surface area (Å²) in [7, 11) is -45.5. The molecular formula is C31H53N3O49S8. The van der Waals surface area contributed by atoms with Crippen molar-refractivity contribution in [3.63, 3.8) is 0 Å². The first-order valence-electron chi connectivity index (χ1n) is 23.5. The molecule has 0 aromatic rings. The van der Waals surface area contributed by atoms with E-state index in [0.29, 0.717) is 0 Å². The third-order valence-electron chi connectivity index (χ3n) is 12.4. The second kappa shape index (κ2) is 29.9. The van der Waals surface area contributed by atoms with Gasteiger partial charge in [-0.1, -0.05) is 0 Å². The molecule has 0 unspecified atom stereocenters. The minimum Gasteiger partial charge on any atom is -0.479 e. The zero-order valence-electron chi connectivity index (χ0n) is 43.9. The van der Waals surface area contributed by atoms with Crippen molar-refractivity contribution < 1.29 is 222 Å². The van der Waals surface area contributed by atoms with E-state index in [-0.39, 0.29) is 0 Å². The van der Waals surface area contributed by atoms with Gasteiger partial charge in [-0.2, -0.15) is 81.5 Å². The molecule has 0 saturated carbocycles. The Morgan fingerprint density at radius 1 is 0.352 bits per heavy atom. The lowest BCUT2D eigenvalue weighted by atomic mass is 9.94. The topological polar surface area (TPSA) is 805 Å². The lowest BCUT2D eigenvalue weighted by molar-refractivity contribution is -0.372. The van der Waals surface area contributed by atoms with Crippen molar-refractivity contribution in [2.75, 3.05) is 26.9 Å². The molecule has 60 heteroatoms. The van der Waals surface area contributed by atoms with Crippen LogP contribution in [-0.2, 0) is 161 Å². The number of hydrogen-bond acceptors (Lipinski definition) is 39. The number of hydrogen-bond donors (Lipinski definition) is 19. The summed E-state index contributed by atoms with van der Waals surface area (Å²) in [6.45, 7) is -5.01. The van der Waals surface area contributed by atoms with E-state index in [2.05, 4.69) is 20.9 Å². The molecule has 0 aromatic carbocycles. The van der Waals surface area contributed by atoms with Gasteiger partial charge in [0.1, 0.15) is 97.5 Å². The molecule has 0 aromatic heterocycles. The quantitative estimate of drug-likeness (QED) is 0.0297. The van der Waals surface area contributed by atoms with Crippen molar-refractivity contribution in [1.29, 1.82) is 0 Å². The monoisotopic (exact) mass is 1510 g/mol. The molecule has 0 spiro atoms. The Balaban J connectivity index is 1.58. The van der Waals surface area contributed by atoms with E-state index in [1.807, 2.05) is 0 Å². The maximum atomic E-state index is 13.0. The molecular weight excluding hydrogens is 1450 g/mol. The first kappa shape index (κ1) is 79.0. The highest BCUT2D eigenvalue weighted by molar-refractivity contribution is 7.84. The summed E-state index contributed by atoms with van der Waals surface area (Å²) in [4.78, 5) is 25.8. The highest BCUT2D eigenvalue weighted by Gasteiger charge is 2.61. The molecule has 5 saturated heterocycles. The normalized spacial score (nSPS) is 38.6. The van der Waals surface area contributed by atoms with E-state index in [4.69, 9.17) is 51.9 Å². The first-order valence-corrected chi connectivity index (χ1v) is 34.7. The zero-order valence-corrected chi connectivity index (χ0v) is 50.5. The lowest BCUT2D eigenvalue weighted by Gasteiger charge is -2.50. The fourth-order valence-corrected chi connectivity index (χ4v) is 12.6. The third kappa shape index (κ3) is 22.9. The van der Waals surface area contributed by atoms with Crippen LogP contribution in [0.1, 0.15) is 0 Å². The molecule has 5 fully saturated rings. The van der Waals surface area contributed by atoms with Gasteiger partial charge < -0.3 is 88.2 Å². The van der Waals surface area contributed by atoms with Crippen LogP contribution in [0.2, 0.25) is 0 Å². The van der Waals surface area contributed by atoms with E-state index in [1.165, 1.54) is 14.2 Å². The molecule has 0 amide bonds. The summed E-state index contributed by atoms with van der Waals surface area (Å²) in [5.41, 5.74) is 0. The molecule has 0 bridgehead atoms. The van der Waals surface area contributed by atoms with Gasteiger partial charge in [0.05, 0.1) is 19.8 Å². The number of methoxy groups -OCH3 is 1. The molecule has 91 heavy (non-hydrogen) atoms. The van der Waals surface area contributed by atoms with Gasteiger partial charge in [-0.25, -0.2) is 30.5 Å². The molecule has 5 aliphatic rings. The Bertz CT molecular complexity index is 3480.